The first kappa shape index (κ1) is 18.1. The van der Waals surface area contributed by atoms with E-state index in [-0.39, 0.29) is 11.9 Å². The van der Waals surface area contributed by atoms with Gasteiger partial charge in [-0.3, -0.25) is 4.79 Å². The number of hydrogen-bond acceptors (Lipinski definition) is 3. The second kappa shape index (κ2) is 8.04. The molecule has 1 aromatic carbocycles. The molecule has 0 aromatic heterocycles. The summed E-state index contributed by atoms with van der Waals surface area (Å²) in [4.78, 5) is 32.0. The van der Waals surface area contributed by atoms with Crippen LogP contribution in [0.1, 0.15) is 24.2 Å². The maximum Gasteiger partial charge on any atom is 0.319 e. The molecule has 0 aliphatic carbocycles. The predicted octanol–water partition coefficient (Wildman–Crippen LogP) is 1.97. The Balaban J connectivity index is 1.97. The molecule has 0 unspecified atom stereocenters. The molecule has 1 aromatic rings. The van der Waals surface area contributed by atoms with E-state index >= 15 is 0 Å². The summed E-state index contributed by atoms with van der Waals surface area (Å²) in [6, 6.07) is 7.81. The number of carbonyl (C=O) groups excluding carboxylic acids is 2. The highest BCUT2D eigenvalue weighted by atomic mass is 16.2. The topological polar surface area (TPSA) is 47.1 Å². The highest BCUT2D eigenvalue weighted by Gasteiger charge is 2.25. The molecule has 1 heterocycles. The fraction of sp³-hybridized carbons (Fsp3) is 0.556. The van der Waals surface area contributed by atoms with Crippen molar-refractivity contribution in [3.05, 3.63) is 29.8 Å². The van der Waals surface area contributed by atoms with E-state index in [1.807, 2.05) is 29.2 Å². The highest BCUT2D eigenvalue weighted by Crippen LogP contribution is 2.17. The molecule has 6 heteroatoms. The first-order valence-corrected chi connectivity index (χ1v) is 8.58. The van der Waals surface area contributed by atoms with Gasteiger partial charge in [-0.1, -0.05) is 0 Å². The average molecular weight is 332 g/mol. The fourth-order valence-electron chi connectivity index (χ4n) is 2.97. The minimum atomic E-state index is 0.00525. The smallest absolute Gasteiger partial charge is 0.319 e. The Hall–Kier alpha value is -2.24. The fourth-order valence-corrected chi connectivity index (χ4v) is 2.97. The van der Waals surface area contributed by atoms with Gasteiger partial charge in [0.2, 0.25) is 0 Å². The third-order valence-corrected chi connectivity index (χ3v) is 4.46. The van der Waals surface area contributed by atoms with Crippen molar-refractivity contribution in [3.8, 4) is 0 Å². The highest BCUT2D eigenvalue weighted by molar-refractivity contribution is 5.94. The second-order valence-corrected chi connectivity index (χ2v) is 6.18. The van der Waals surface area contributed by atoms with Gasteiger partial charge in [-0.05, 0) is 38.1 Å². The Kier molecular flexibility index (Phi) is 6.06. The minimum absolute atomic E-state index is 0.00525. The normalized spacial score (nSPS) is 14.5. The van der Waals surface area contributed by atoms with E-state index in [9.17, 15) is 9.59 Å². The molecule has 1 fully saturated rings. The van der Waals surface area contributed by atoms with Crippen molar-refractivity contribution in [2.75, 3.05) is 58.3 Å². The number of benzene rings is 1. The summed E-state index contributed by atoms with van der Waals surface area (Å²) >= 11 is 0. The van der Waals surface area contributed by atoms with Crippen molar-refractivity contribution in [1.82, 2.24) is 14.7 Å². The van der Waals surface area contributed by atoms with Crippen LogP contribution in [0.15, 0.2) is 24.3 Å². The molecule has 0 radical (unpaired) electrons. The van der Waals surface area contributed by atoms with Crippen LogP contribution in [-0.4, -0.2) is 80.0 Å². The van der Waals surface area contributed by atoms with Gasteiger partial charge in [0.1, 0.15) is 0 Å². The molecular formula is C18H28N4O2. The molecule has 24 heavy (non-hydrogen) atoms. The van der Waals surface area contributed by atoms with Crippen LogP contribution in [0, 0.1) is 0 Å². The van der Waals surface area contributed by atoms with E-state index in [1.165, 1.54) is 0 Å². The molecule has 6 nitrogen and oxygen atoms in total. The molecule has 1 aliphatic rings. The van der Waals surface area contributed by atoms with E-state index in [2.05, 4.69) is 18.7 Å². The van der Waals surface area contributed by atoms with Crippen LogP contribution in [0.4, 0.5) is 10.5 Å². The van der Waals surface area contributed by atoms with Crippen LogP contribution in [0.2, 0.25) is 0 Å². The van der Waals surface area contributed by atoms with Crippen LogP contribution < -0.4 is 4.90 Å². The molecular weight excluding hydrogens is 304 g/mol. The molecule has 0 saturated carbocycles. The number of carbonyl (C=O) groups is 2. The van der Waals surface area contributed by atoms with Gasteiger partial charge in [-0.25, -0.2) is 4.79 Å². The zero-order chi connectivity index (χ0) is 17.7. The molecule has 1 aliphatic heterocycles. The Bertz CT molecular complexity index is 559. The third-order valence-electron chi connectivity index (χ3n) is 4.46. The maximum absolute atomic E-state index is 12.6. The van der Waals surface area contributed by atoms with E-state index < -0.39 is 0 Å². The summed E-state index contributed by atoms with van der Waals surface area (Å²) in [6.45, 7) is 8.47. The van der Waals surface area contributed by atoms with Gasteiger partial charge in [0, 0.05) is 64.6 Å². The zero-order valence-corrected chi connectivity index (χ0v) is 15.2. The van der Waals surface area contributed by atoms with Gasteiger partial charge in [-0.15, -0.1) is 0 Å². The monoisotopic (exact) mass is 332 g/mol. The molecule has 132 valence electrons. The lowest BCUT2D eigenvalue weighted by molar-refractivity contribution is 0.0650. The minimum Gasteiger partial charge on any atom is -0.372 e. The third kappa shape index (κ3) is 3.99. The van der Waals surface area contributed by atoms with Crippen LogP contribution >= 0.6 is 0 Å². The zero-order valence-electron chi connectivity index (χ0n) is 15.2. The second-order valence-electron chi connectivity index (χ2n) is 6.18. The van der Waals surface area contributed by atoms with Crippen molar-refractivity contribution in [1.29, 1.82) is 0 Å². The van der Waals surface area contributed by atoms with E-state index in [4.69, 9.17) is 0 Å². The van der Waals surface area contributed by atoms with E-state index in [0.717, 1.165) is 18.8 Å². The summed E-state index contributed by atoms with van der Waals surface area (Å²) in [7, 11) is 3.49. The lowest BCUT2D eigenvalue weighted by Gasteiger charge is -2.36. The first-order valence-electron chi connectivity index (χ1n) is 8.58. The van der Waals surface area contributed by atoms with E-state index in [1.54, 1.807) is 23.9 Å². The van der Waals surface area contributed by atoms with Gasteiger partial charge in [0.25, 0.3) is 5.91 Å². The summed E-state index contributed by atoms with van der Waals surface area (Å²) in [5, 5.41) is 0. The van der Waals surface area contributed by atoms with Crippen molar-refractivity contribution < 1.29 is 9.59 Å². The van der Waals surface area contributed by atoms with Gasteiger partial charge >= 0.3 is 6.03 Å². The summed E-state index contributed by atoms with van der Waals surface area (Å²) < 4.78 is 0. The van der Waals surface area contributed by atoms with Crippen molar-refractivity contribution >= 4 is 17.6 Å². The number of hydrogen-bond donors (Lipinski definition) is 0. The lowest BCUT2D eigenvalue weighted by atomic mass is 10.1. The summed E-state index contributed by atoms with van der Waals surface area (Å²) in [5.74, 6) is 0.0399. The molecule has 2 rings (SSSR count). The summed E-state index contributed by atoms with van der Waals surface area (Å²) in [6.07, 6.45) is 0. The Morgan fingerprint density at radius 1 is 0.917 bits per heavy atom. The standard InChI is InChI=1S/C18H28N4O2/c1-5-20(6-2)16-9-7-15(8-10-16)17(23)21-11-13-22(14-12-21)18(24)19(3)4/h7-10H,5-6,11-14H2,1-4H3. The quantitative estimate of drug-likeness (QED) is 0.847. The largest absolute Gasteiger partial charge is 0.372 e. The van der Waals surface area contributed by atoms with Gasteiger partial charge < -0.3 is 19.6 Å². The molecule has 1 saturated heterocycles. The number of anilines is 1. The maximum atomic E-state index is 12.6. The number of nitrogens with zero attached hydrogens (tertiary/aromatic N) is 4. The Morgan fingerprint density at radius 2 is 1.42 bits per heavy atom. The Morgan fingerprint density at radius 3 is 1.88 bits per heavy atom. The van der Waals surface area contributed by atoms with Crippen molar-refractivity contribution in [2.24, 2.45) is 0 Å². The Labute approximate surface area is 144 Å². The van der Waals surface area contributed by atoms with Crippen molar-refractivity contribution in [2.45, 2.75) is 13.8 Å². The molecule has 0 N–H and O–H groups in total. The molecule has 0 atom stereocenters. The van der Waals surface area contributed by atoms with E-state index in [0.29, 0.717) is 31.7 Å². The summed E-state index contributed by atoms with van der Waals surface area (Å²) in [5.41, 5.74) is 1.84. The number of piperazine rings is 1. The van der Waals surface area contributed by atoms with Gasteiger partial charge in [0.05, 0.1) is 0 Å². The van der Waals surface area contributed by atoms with Gasteiger partial charge in [0.15, 0.2) is 0 Å². The van der Waals surface area contributed by atoms with Crippen LogP contribution in [-0.2, 0) is 0 Å². The lowest BCUT2D eigenvalue weighted by Crippen LogP contribution is -2.52. The molecule has 0 bridgehead atoms. The predicted molar refractivity (Wildman–Crippen MR) is 96.6 cm³/mol. The number of rotatable bonds is 4. The first-order chi connectivity index (χ1) is 11.5. The van der Waals surface area contributed by atoms with Crippen LogP contribution in [0.5, 0.6) is 0 Å². The molecule has 3 amide bonds. The van der Waals surface area contributed by atoms with Crippen LogP contribution in [0.3, 0.4) is 0 Å². The molecule has 0 spiro atoms. The van der Waals surface area contributed by atoms with Gasteiger partial charge in [-0.2, -0.15) is 0 Å². The van der Waals surface area contributed by atoms with Crippen LogP contribution in [0.25, 0.3) is 0 Å². The number of urea groups is 1. The number of amides is 3. The SMILES string of the molecule is CCN(CC)c1ccc(C(=O)N2CCN(C(=O)N(C)C)CC2)cc1. The average Bonchev–Trinajstić information content (AvgIpc) is 2.62. The van der Waals surface area contributed by atoms with Crippen molar-refractivity contribution in [3.63, 3.8) is 0 Å².